The minimum atomic E-state index is -0.314. The highest BCUT2D eigenvalue weighted by atomic mass is 16.3. The Labute approximate surface area is 99.3 Å². The Bertz CT molecular complexity index is 442. The number of aliphatic hydroxyl groups is 1. The lowest BCUT2D eigenvalue weighted by Crippen LogP contribution is -2.34. The van der Waals surface area contributed by atoms with E-state index in [9.17, 15) is 9.59 Å². The number of aliphatic hydroxyl groups excluding tert-OH is 1. The smallest absolute Gasteiger partial charge is 0.271 e. The largest absolute Gasteiger partial charge is 0.396 e. The molecule has 6 nitrogen and oxygen atoms in total. The molecule has 1 aromatic rings. The molecule has 1 amide bonds. The molecule has 0 spiro atoms. The van der Waals surface area contributed by atoms with Gasteiger partial charge in [0.1, 0.15) is 5.69 Å². The molecule has 1 atom stereocenters. The van der Waals surface area contributed by atoms with Crippen LogP contribution in [0.15, 0.2) is 16.9 Å². The van der Waals surface area contributed by atoms with Crippen LogP contribution >= 0.6 is 0 Å². The first-order valence-corrected chi connectivity index (χ1v) is 5.50. The normalized spacial score (nSPS) is 12.2. The van der Waals surface area contributed by atoms with E-state index in [-0.39, 0.29) is 29.8 Å². The molecular weight excluding hydrogens is 222 g/mol. The summed E-state index contributed by atoms with van der Waals surface area (Å²) in [5, 5.41) is 15.3. The zero-order chi connectivity index (χ0) is 12.8. The van der Waals surface area contributed by atoms with Crippen LogP contribution in [0, 0.1) is 0 Å². The van der Waals surface area contributed by atoms with E-state index in [1.165, 1.54) is 19.2 Å². The summed E-state index contributed by atoms with van der Waals surface area (Å²) in [6.45, 7) is 1.97. The van der Waals surface area contributed by atoms with Crippen LogP contribution in [0.1, 0.15) is 30.3 Å². The molecule has 17 heavy (non-hydrogen) atoms. The Morgan fingerprint density at radius 2 is 2.29 bits per heavy atom. The topological polar surface area (TPSA) is 84.2 Å². The van der Waals surface area contributed by atoms with Crippen molar-refractivity contribution in [2.45, 2.75) is 25.8 Å². The van der Waals surface area contributed by atoms with Crippen LogP contribution in [0.4, 0.5) is 0 Å². The maximum Gasteiger partial charge on any atom is 0.271 e. The Hall–Kier alpha value is -1.69. The molecule has 0 saturated heterocycles. The van der Waals surface area contributed by atoms with Crippen molar-refractivity contribution in [1.82, 2.24) is 15.1 Å². The second-order valence-electron chi connectivity index (χ2n) is 3.92. The van der Waals surface area contributed by atoms with Crippen molar-refractivity contribution in [2.24, 2.45) is 7.05 Å². The molecule has 0 radical (unpaired) electrons. The van der Waals surface area contributed by atoms with Gasteiger partial charge in [0.25, 0.3) is 11.5 Å². The first kappa shape index (κ1) is 13.4. The van der Waals surface area contributed by atoms with Crippen molar-refractivity contribution < 1.29 is 9.90 Å². The van der Waals surface area contributed by atoms with Crippen LogP contribution in [-0.4, -0.2) is 33.4 Å². The number of carbonyl (C=O) groups excluding carboxylic acids is 1. The molecular formula is C11H17N3O3. The third-order valence-electron chi connectivity index (χ3n) is 2.37. The number of carbonyl (C=O) groups is 1. The number of hydrogen-bond donors (Lipinski definition) is 2. The average Bonchev–Trinajstić information content (AvgIpc) is 2.30. The number of aryl methyl sites for hydroxylation is 1. The lowest BCUT2D eigenvalue weighted by Gasteiger charge is -2.12. The van der Waals surface area contributed by atoms with Gasteiger partial charge in [-0.15, -0.1) is 0 Å². The maximum atomic E-state index is 11.7. The predicted molar refractivity (Wildman–Crippen MR) is 62.7 cm³/mol. The monoisotopic (exact) mass is 239 g/mol. The van der Waals surface area contributed by atoms with E-state index in [1.54, 1.807) is 0 Å². The molecule has 2 N–H and O–H groups in total. The van der Waals surface area contributed by atoms with Gasteiger partial charge in [-0.05, 0) is 25.8 Å². The Morgan fingerprint density at radius 3 is 2.88 bits per heavy atom. The van der Waals surface area contributed by atoms with E-state index in [2.05, 4.69) is 10.4 Å². The van der Waals surface area contributed by atoms with Crippen molar-refractivity contribution in [2.75, 3.05) is 6.61 Å². The van der Waals surface area contributed by atoms with Crippen molar-refractivity contribution in [3.63, 3.8) is 0 Å². The number of hydrogen-bond acceptors (Lipinski definition) is 4. The Kier molecular flexibility index (Phi) is 4.84. The highest BCUT2D eigenvalue weighted by Crippen LogP contribution is 1.97. The van der Waals surface area contributed by atoms with Gasteiger partial charge in [-0.2, -0.15) is 5.10 Å². The summed E-state index contributed by atoms with van der Waals surface area (Å²) in [6, 6.07) is 2.67. The minimum Gasteiger partial charge on any atom is -0.396 e. The second kappa shape index (κ2) is 6.15. The second-order valence-corrected chi connectivity index (χ2v) is 3.92. The van der Waals surface area contributed by atoms with Crippen LogP contribution in [0.3, 0.4) is 0 Å². The molecule has 1 aromatic heterocycles. The van der Waals surface area contributed by atoms with Crippen LogP contribution in [-0.2, 0) is 7.05 Å². The van der Waals surface area contributed by atoms with Crippen molar-refractivity contribution >= 4 is 5.91 Å². The van der Waals surface area contributed by atoms with Crippen LogP contribution in [0.25, 0.3) is 0 Å². The van der Waals surface area contributed by atoms with Gasteiger partial charge in [0.05, 0.1) is 0 Å². The predicted octanol–water partition coefficient (Wildman–Crippen LogP) is -0.329. The van der Waals surface area contributed by atoms with Gasteiger partial charge < -0.3 is 10.4 Å². The summed E-state index contributed by atoms with van der Waals surface area (Å²) in [6.07, 6.45) is 1.34. The van der Waals surface area contributed by atoms with Gasteiger partial charge >= 0.3 is 0 Å². The van der Waals surface area contributed by atoms with E-state index in [0.717, 1.165) is 4.68 Å². The molecule has 94 valence electrons. The average molecular weight is 239 g/mol. The van der Waals surface area contributed by atoms with E-state index < -0.39 is 0 Å². The number of nitrogens with one attached hydrogen (secondary N) is 1. The number of amides is 1. The Balaban J connectivity index is 2.63. The first-order valence-electron chi connectivity index (χ1n) is 5.50. The quantitative estimate of drug-likeness (QED) is 0.737. The Morgan fingerprint density at radius 1 is 1.59 bits per heavy atom. The third-order valence-corrected chi connectivity index (χ3v) is 2.37. The van der Waals surface area contributed by atoms with E-state index in [4.69, 9.17) is 5.11 Å². The van der Waals surface area contributed by atoms with E-state index in [1.807, 2.05) is 6.92 Å². The standard InChI is InChI=1S/C11H17N3O3/c1-8(4-3-7-15)12-11(17)9-5-6-10(16)14(2)13-9/h5-6,8,15H,3-4,7H2,1-2H3,(H,12,17). The van der Waals surface area contributed by atoms with Gasteiger partial charge in [0.2, 0.25) is 0 Å². The molecule has 0 aliphatic rings. The summed E-state index contributed by atoms with van der Waals surface area (Å²) in [5.74, 6) is -0.314. The molecule has 0 saturated carbocycles. The molecule has 0 aromatic carbocycles. The summed E-state index contributed by atoms with van der Waals surface area (Å²) in [4.78, 5) is 22.8. The van der Waals surface area contributed by atoms with Gasteiger partial charge in [-0.3, -0.25) is 9.59 Å². The molecule has 1 rings (SSSR count). The van der Waals surface area contributed by atoms with Crippen molar-refractivity contribution in [1.29, 1.82) is 0 Å². The molecule has 1 heterocycles. The van der Waals surface area contributed by atoms with Crippen LogP contribution in [0.2, 0.25) is 0 Å². The van der Waals surface area contributed by atoms with Gasteiger partial charge in [0, 0.05) is 25.8 Å². The van der Waals surface area contributed by atoms with Crippen molar-refractivity contribution in [3.8, 4) is 0 Å². The highest BCUT2D eigenvalue weighted by Gasteiger charge is 2.11. The van der Waals surface area contributed by atoms with E-state index in [0.29, 0.717) is 12.8 Å². The number of rotatable bonds is 5. The number of nitrogens with zero attached hydrogens (tertiary/aromatic N) is 2. The molecule has 0 aliphatic carbocycles. The summed E-state index contributed by atoms with van der Waals surface area (Å²) in [7, 11) is 1.49. The van der Waals surface area contributed by atoms with Crippen LogP contribution < -0.4 is 10.9 Å². The summed E-state index contributed by atoms with van der Waals surface area (Å²) < 4.78 is 1.12. The fourth-order valence-electron chi connectivity index (χ4n) is 1.39. The highest BCUT2D eigenvalue weighted by molar-refractivity contribution is 5.92. The van der Waals surface area contributed by atoms with Crippen LogP contribution in [0.5, 0.6) is 0 Å². The molecule has 1 unspecified atom stereocenters. The first-order chi connectivity index (χ1) is 8.04. The number of aromatic nitrogens is 2. The van der Waals surface area contributed by atoms with E-state index >= 15 is 0 Å². The summed E-state index contributed by atoms with van der Waals surface area (Å²) >= 11 is 0. The van der Waals surface area contributed by atoms with Gasteiger partial charge in [-0.1, -0.05) is 0 Å². The van der Waals surface area contributed by atoms with Crippen molar-refractivity contribution in [3.05, 3.63) is 28.2 Å². The maximum absolute atomic E-state index is 11.7. The lowest BCUT2D eigenvalue weighted by atomic mass is 10.2. The van der Waals surface area contributed by atoms with Gasteiger partial charge in [0.15, 0.2) is 0 Å². The fraction of sp³-hybridized carbons (Fsp3) is 0.545. The van der Waals surface area contributed by atoms with Gasteiger partial charge in [-0.25, -0.2) is 4.68 Å². The molecule has 6 heteroatoms. The third kappa shape index (κ3) is 3.99. The zero-order valence-electron chi connectivity index (χ0n) is 10.0. The minimum absolute atomic E-state index is 0.0336. The molecule has 0 fully saturated rings. The zero-order valence-corrected chi connectivity index (χ0v) is 10.0. The lowest BCUT2D eigenvalue weighted by molar-refractivity contribution is 0.0929. The molecule has 0 bridgehead atoms. The molecule has 0 aliphatic heterocycles. The SMILES string of the molecule is CC(CCCO)NC(=O)c1ccc(=O)n(C)n1. The summed E-state index contributed by atoms with van der Waals surface area (Å²) in [5.41, 5.74) is -0.0437. The fourth-order valence-corrected chi connectivity index (χ4v) is 1.39.